The SMILES string of the molecule is CCCCC(C)CCCCCCc1ccc(C(=O)O)cc1. The van der Waals surface area contributed by atoms with Gasteiger partial charge in [-0.3, -0.25) is 0 Å². The molecule has 118 valence electrons. The van der Waals surface area contributed by atoms with Crippen molar-refractivity contribution in [2.75, 3.05) is 0 Å². The van der Waals surface area contributed by atoms with E-state index in [0.29, 0.717) is 5.56 Å². The third kappa shape index (κ3) is 7.89. The average Bonchev–Trinajstić information content (AvgIpc) is 2.49. The monoisotopic (exact) mass is 290 g/mol. The maximum Gasteiger partial charge on any atom is 0.335 e. The fourth-order valence-electron chi connectivity index (χ4n) is 2.69. The Morgan fingerprint density at radius 1 is 1.00 bits per heavy atom. The quantitative estimate of drug-likeness (QED) is 0.530. The molecule has 0 aliphatic heterocycles. The summed E-state index contributed by atoms with van der Waals surface area (Å²) in [7, 11) is 0. The fraction of sp³-hybridized carbons (Fsp3) is 0.632. The second kappa shape index (κ2) is 10.4. The summed E-state index contributed by atoms with van der Waals surface area (Å²) in [5.41, 5.74) is 1.62. The van der Waals surface area contributed by atoms with Gasteiger partial charge in [-0.15, -0.1) is 0 Å². The fourth-order valence-corrected chi connectivity index (χ4v) is 2.69. The number of aryl methyl sites for hydroxylation is 1. The summed E-state index contributed by atoms with van der Waals surface area (Å²) < 4.78 is 0. The van der Waals surface area contributed by atoms with Gasteiger partial charge in [-0.05, 0) is 36.5 Å². The highest BCUT2D eigenvalue weighted by Gasteiger charge is 2.03. The van der Waals surface area contributed by atoms with Gasteiger partial charge >= 0.3 is 5.97 Å². The second-order valence-corrected chi connectivity index (χ2v) is 6.20. The predicted molar refractivity (Wildman–Crippen MR) is 88.9 cm³/mol. The van der Waals surface area contributed by atoms with Crippen LogP contribution in [0.25, 0.3) is 0 Å². The molecule has 21 heavy (non-hydrogen) atoms. The summed E-state index contributed by atoms with van der Waals surface area (Å²) >= 11 is 0. The number of aromatic carboxylic acids is 1. The summed E-state index contributed by atoms with van der Waals surface area (Å²) in [6, 6.07) is 7.28. The van der Waals surface area contributed by atoms with Crippen molar-refractivity contribution < 1.29 is 9.90 Å². The van der Waals surface area contributed by atoms with Crippen LogP contribution in [0.4, 0.5) is 0 Å². The first kappa shape index (κ1) is 17.7. The largest absolute Gasteiger partial charge is 0.478 e. The first-order valence-corrected chi connectivity index (χ1v) is 8.45. The van der Waals surface area contributed by atoms with Crippen LogP contribution in [0.2, 0.25) is 0 Å². The molecule has 0 heterocycles. The minimum absolute atomic E-state index is 0.375. The molecular formula is C19H30O2. The van der Waals surface area contributed by atoms with Crippen LogP contribution in [0.3, 0.4) is 0 Å². The molecule has 2 nitrogen and oxygen atoms in total. The molecule has 1 aromatic carbocycles. The minimum Gasteiger partial charge on any atom is -0.478 e. The number of rotatable bonds is 11. The Hall–Kier alpha value is -1.31. The van der Waals surface area contributed by atoms with Crippen LogP contribution in [-0.4, -0.2) is 11.1 Å². The molecule has 0 fully saturated rings. The van der Waals surface area contributed by atoms with E-state index in [0.717, 1.165) is 12.3 Å². The van der Waals surface area contributed by atoms with Gasteiger partial charge in [0.05, 0.1) is 5.56 Å². The van der Waals surface area contributed by atoms with Crippen molar-refractivity contribution in [3.8, 4) is 0 Å². The molecule has 0 aromatic heterocycles. The molecule has 0 saturated carbocycles. The summed E-state index contributed by atoms with van der Waals surface area (Å²) in [4.78, 5) is 10.8. The van der Waals surface area contributed by atoms with E-state index in [9.17, 15) is 4.79 Å². The van der Waals surface area contributed by atoms with Gasteiger partial charge in [0.1, 0.15) is 0 Å². The first-order valence-electron chi connectivity index (χ1n) is 8.45. The van der Waals surface area contributed by atoms with Gasteiger partial charge in [-0.25, -0.2) is 4.79 Å². The van der Waals surface area contributed by atoms with Gasteiger partial charge in [0.2, 0.25) is 0 Å². The van der Waals surface area contributed by atoms with E-state index in [-0.39, 0.29) is 0 Å². The van der Waals surface area contributed by atoms with Crippen LogP contribution in [-0.2, 0) is 6.42 Å². The number of carboxylic acid groups (broad SMARTS) is 1. The lowest BCUT2D eigenvalue weighted by Crippen LogP contribution is -1.96. The minimum atomic E-state index is -0.848. The van der Waals surface area contributed by atoms with Crippen LogP contribution in [0, 0.1) is 5.92 Å². The van der Waals surface area contributed by atoms with Crippen LogP contribution in [0.15, 0.2) is 24.3 Å². The molecule has 0 saturated heterocycles. The average molecular weight is 290 g/mol. The topological polar surface area (TPSA) is 37.3 Å². The van der Waals surface area contributed by atoms with Gasteiger partial charge in [0, 0.05) is 0 Å². The Bertz CT molecular complexity index is 395. The number of carbonyl (C=O) groups is 1. The molecule has 1 rings (SSSR count). The van der Waals surface area contributed by atoms with Crippen molar-refractivity contribution in [2.45, 2.75) is 71.6 Å². The zero-order chi connectivity index (χ0) is 15.5. The Balaban J connectivity index is 2.07. The highest BCUT2D eigenvalue weighted by atomic mass is 16.4. The first-order chi connectivity index (χ1) is 10.1. The van der Waals surface area contributed by atoms with Crippen molar-refractivity contribution in [1.29, 1.82) is 0 Å². The zero-order valence-corrected chi connectivity index (χ0v) is 13.6. The standard InChI is InChI=1S/C19H30O2/c1-3-4-9-16(2)10-7-5-6-8-11-17-12-14-18(15-13-17)19(20)21/h12-16H,3-11H2,1-2H3,(H,20,21). The van der Waals surface area contributed by atoms with Crippen molar-refractivity contribution >= 4 is 5.97 Å². The molecule has 2 heteroatoms. The second-order valence-electron chi connectivity index (χ2n) is 6.20. The molecule has 0 aliphatic carbocycles. The molecule has 1 atom stereocenters. The van der Waals surface area contributed by atoms with Crippen molar-refractivity contribution in [1.82, 2.24) is 0 Å². The third-order valence-electron chi connectivity index (χ3n) is 4.16. The van der Waals surface area contributed by atoms with E-state index in [2.05, 4.69) is 13.8 Å². The Kier molecular flexibility index (Phi) is 8.80. The maximum atomic E-state index is 10.8. The maximum absolute atomic E-state index is 10.8. The number of carboxylic acids is 1. The molecule has 1 aromatic rings. The van der Waals surface area contributed by atoms with E-state index in [4.69, 9.17) is 5.11 Å². The van der Waals surface area contributed by atoms with Gasteiger partial charge < -0.3 is 5.11 Å². The Labute approximate surface area is 129 Å². The van der Waals surface area contributed by atoms with Crippen molar-refractivity contribution in [3.63, 3.8) is 0 Å². The smallest absolute Gasteiger partial charge is 0.335 e. The summed E-state index contributed by atoms with van der Waals surface area (Å²) in [6.45, 7) is 4.63. The lowest BCUT2D eigenvalue weighted by atomic mass is 9.96. The van der Waals surface area contributed by atoms with E-state index >= 15 is 0 Å². The van der Waals surface area contributed by atoms with Gasteiger partial charge in [-0.1, -0.05) is 70.9 Å². The van der Waals surface area contributed by atoms with Crippen molar-refractivity contribution in [2.24, 2.45) is 5.92 Å². The molecule has 0 aliphatic rings. The number of unbranched alkanes of at least 4 members (excludes halogenated alkanes) is 4. The lowest BCUT2D eigenvalue weighted by molar-refractivity contribution is 0.0697. The highest BCUT2D eigenvalue weighted by Crippen LogP contribution is 2.17. The third-order valence-corrected chi connectivity index (χ3v) is 4.16. The van der Waals surface area contributed by atoms with Crippen LogP contribution < -0.4 is 0 Å². The molecule has 0 radical (unpaired) electrons. The number of benzene rings is 1. The summed E-state index contributed by atoms with van der Waals surface area (Å²) in [6.07, 6.45) is 11.6. The van der Waals surface area contributed by atoms with E-state index < -0.39 is 5.97 Å². The summed E-state index contributed by atoms with van der Waals surface area (Å²) in [5.74, 6) is 0.0345. The van der Waals surface area contributed by atoms with Crippen molar-refractivity contribution in [3.05, 3.63) is 35.4 Å². The van der Waals surface area contributed by atoms with Crippen LogP contribution >= 0.6 is 0 Å². The van der Waals surface area contributed by atoms with Gasteiger partial charge in [0.15, 0.2) is 0 Å². The Morgan fingerprint density at radius 3 is 2.24 bits per heavy atom. The lowest BCUT2D eigenvalue weighted by Gasteiger charge is -2.10. The molecule has 1 N–H and O–H groups in total. The van der Waals surface area contributed by atoms with Crippen LogP contribution in [0.1, 0.15) is 81.1 Å². The molecule has 0 spiro atoms. The van der Waals surface area contributed by atoms with E-state index in [1.807, 2.05) is 12.1 Å². The predicted octanol–water partition coefficient (Wildman–Crippen LogP) is 5.70. The highest BCUT2D eigenvalue weighted by molar-refractivity contribution is 5.87. The van der Waals surface area contributed by atoms with E-state index in [1.165, 1.54) is 56.9 Å². The number of hydrogen-bond acceptors (Lipinski definition) is 1. The van der Waals surface area contributed by atoms with Gasteiger partial charge in [0.25, 0.3) is 0 Å². The molecule has 1 unspecified atom stereocenters. The molecule has 0 bridgehead atoms. The summed E-state index contributed by atoms with van der Waals surface area (Å²) in [5, 5.41) is 8.85. The van der Waals surface area contributed by atoms with E-state index in [1.54, 1.807) is 12.1 Å². The Morgan fingerprint density at radius 2 is 1.62 bits per heavy atom. The normalized spacial score (nSPS) is 12.3. The molecular weight excluding hydrogens is 260 g/mol. The zero-order valence-electron chi connectivity index (χ0n) is 13.6. The van der Waals surface area contributed by atoms with Gasteiger partial charge in [-0.2, -0.15) is 0 Å². The number of hydrogen-bond donors (Lipinski definition) is 1. The molecule has 0 amide bonds. The van der Waals surface area contributed by atoms with Crippen LogP contribution in [0.5, 0.6) is 0 Å².